The topological polar surface area (TPSA) is 29.3 Å². The van der Waals surface area contributed by atoms with E-state index in [-0.39, 0.29) is 0 Å². The molecule has 0 atom stereocenters. The van der Waals surface area contributed by atoms with E-state index in [9.17, 15) is 0 Å². The van der Waals surface area contributed by atoms with Crippen LogP contribution in [-0.4, -0.2) is 6.54 Å². The molecule has 2 heteroatoms. The van der Waals surface area contributed by atoms with E-state index in [0.29, 0.717) is 0 Å². The average Bonchev–Trinajstić information content (AvgIpc) is 2.64. The van der Waals surface area contributed by atoms with E-state index in [4.69, 9.17) is 5.73 Å². The van der Waals surface area contributed by atoms with E-state index in [1.807, 2.05) is 24.3 Å². The van der Waals surface area contributed by atoms with Crippen LogP contribution in [0.4, 0.5) is 17.1 Å². The molecule has 0 heterocycles. The molecule has 0 saturated carbocycles. The second-order valence-corrected chi connectivity index (χ2v) is 5.98. The van der Waals surface area contributed by atoms with Gasteiger partial charge in [-0.3, -0.25) is 0 Å². The van der Waals surface area contributed by atoms with Gasteiger partial charge in [0, 0.05) is 12.2 Å². The van der Waals surface area contributed by atoms with Gasteiger partial charge in [0.2, 0.25) is 0 Å². The van der Waals surface area contributed by atoms with Crippen LogP contribution in [0.3, 0.4) is 0 Å². The smallest absolute Gasteiger partial charge is 0.0644 e. The van der Waals surface area contributed by atoms with Crippen LogP contribution in [0.2, 0.25) is 0 Å². The summed E-state index contributed by atoms with van der Waals surface area (Å²) < 4.78 is 0. The molecule has 3 rings (SSSR count). The fraction of sp³-hybridized carbons (Fsp3) is 0.182. The normalized spacial score (nSPS) is 10.5. The van der Waals surface area contributed by atoms with Crippen LogP contribution < -0.4 is 10.6 Å². The third-order valence-electron chi connectivity index (χ3n) is 4.23. The van der Waals surface area contributed by atoms with Gasteiger partial charge >= 0.3 is 0 Å². The Morgan fingerprint density at radius 3 is 2.25 bits per heavy atom. The first-order valence-electron chi connectivity index (χ1n) is 8.57. The lowest BCUT2D eigenvalue weighted by Gasteiger charge is -2.26. The molecule has 0 aliphatic rings. The highest BCUT2D eigenvalue weighted by atomic mass is 15.1. The summed E-state index contributed by atoms with van der Waals surface area (Å²) in [6, 6.07) is 27.3. The van der Waals surface area contributed by atoms with Crippen molar-refractivity contribution in [2.24, 2.45) is 0 Å². The molecule has 0 radical (unpaired) electrons. The number of hydrogen-bond donors (Lipinski definition) is 1. The molecule has 0 bridgehead atoms. The predicted molar refractivity (Wildman–Crippen MR) is 105 cm³/mol. The zero-order valence-corrected chi connectivity index (χ0v) is 14.2. The van der Waals surface area contributed by atoms with Crippen molar-refractivity contribution < 1.29 is 0 Å². The maximum atomic E-state index is 6.24. The second-order valence-electron chi connectivity index (χ2n) is 5.98. The molecule has 24 heavy (non-hydrogen) atoms. The number of hydrogen-bond acceptors (Lipinski definition) is 2. The van der Waals surface area contributed by atoms with Crippen LogP contribution in [0.25, 0.3) is 11.1 Å². The Kier molecular flexibility index (Phi) is 5.17. The lowest BCUT2D eigenvalue weighted by Crippen LogP contribution is -2.19. The Balaban J connectivity index is 2.01. The van der Waals surface area contributed by atoms with Gasteiger partial charge in [-0.1, -0.05) is 67.9 Å². The highest BCUT2D eigenvalue weighted by Gasteiger charge is 2.12. The molecular formula is C22H24N2. The third-order valence-corrected chi connectivity index (χ3v) is 4.23. The van der Waals surface area contributed by atoms with Crippen molar-refractivity contribution >= 4 is 17.1 Å². The van der Waals surface area contributed by atoms with Crippen molar-refractivity contribution in [3.63, 3.8) is 0 Å². The van der Waals surface area contributed by atoms with Crippen molar-refractivity contribution in [1.29, 1.82) is 0 Å². The van der Waals surface area contributed by atoms with Crippen LogP contribution in [0.1, 0.15) is 19.8 Å². The highest BCUT2D eigenvalue weighted by Crippen LogP contribution is 2.33. The van der Waals surface area contributed by atoms with E-state index < -0.39 is 0 Å². The molecule has 2 nitrogen and oxygen atoms in total. The zero-order valence-electron chi connectivity index (χ0n) is 14.2. The van der Waals surface area contributed by atoms with Gasteiger partial charge in [0.15, 0.2) is 0 Å². The van der Waals surface area contributed by atoms with Crippen LogP contribution in [0.15, 0.2) is 78.9 Å². The minimum absolute atomic E-state index is 0.818. The quantitative estimate of drug-likeness (QED) is 0.576. The fourth-order valence-electron chi connectivity index (χ4n) is 2.92. The Morgan fingerprint density at radius 2 is 1.50 bits per heavy atom. The van der Waals surface area contributed by atoms with Gasteiger partial charge in [-0.05, 0) is 41.8 Å². The number of nitrogens with two attached hydrogens (primary N) is 1. The summed E-state index contributed by atoms with van der Waals surface area (Å²) in [6.07, 6.45) is 2.28. The lowest BCUT2D eigenvalue weighted by molar-refractivity contribution is 0.786. The van der Waals surface area contributed by atoms with Crippen LogP contribution in [0.5, 0.6) is 0 Å². The molecule has 0 aliphatic carbocycles. The molecule has 0 fully saturated rings. The van der Waals surface area contributed by atoms with Crippen molar-refractivity contribution in [2.75, 3.05) is 17.2 Å². The summed E-state index contributed by atoms with van der Waals surface area (Å²) in [5, 5.41) is 0. The lowest BCUT2D eigenvalue weighted by atomic mass is 10.0. The molecule has 2 N–H and O–H groups in total. The molecule has 0 spiro atoms. The van der Waals surface area contributed by atoms with Crippen molar-refractivity contribution in [3.8, 4) is 11.1 Å². The summed E-state index contributed by atoms with van der Waals surface area (Å²) >= 11 is 0. The molecule has 0 aromatic heterocycles. The number of nitrogen functional groups attached to an aromatic ring is 1. The first-order chi connectivity index (χ1) is 11.8. The van der Waals surface area contributed by atoms with Crippen LogP contribution >= 0.6 is 0 Å². The number of unbranched alkanes of at least 4 members (excludes halogenated alkanes) is 1. The van der Waals surface area contributed by atoms with Gasteiger partial charge in [-0.15, -0.1) is 0 Å². The minimum atomic E-state index is 0.818. The molecule has 3 aromatic rings. The number of rotatable bonds is 6. The van der Waals surface area contributed by atoms with Gasteiger partial charge in [-0.2, -0.15) is 0 Å². The molecule has 0 saturated heterocycles. The summed E-state index contributed by atoms with van der Waals surface area (Å²) in [5.74, 6) is 0. The van der Waals surface area contributed by atoms with Gasteiger partial charge in [0.05, 0.1) is 11.4 Å². The Morgan fingerprint density at radius 1 is 0.792 bits per heavy atom. The Bertz CT molecular complexity index is 781. The van der Waals surface area contributed by atoms with Crippen LogP contribution in [0, 0.1) is 0 Å². The summed E-state index contributed by atoms with van der Waals surface area (Å²) in [5.41, 5.74) is 11.8. The summed E-state index contributed by atoms with van der Waals surface area (Å²) in [4.78, 5) is 2.32. The standard InChI is InChI=1S/C22H24N2/c1-2-3-16-24(22-15-8-7-14-21(22)23)20-13-9-12-19(17-20)18-10-5-4-6-11-18/h4-15,17H,2-3,16,23H2,1H3. The van der Waals surface area contributed by atoms with E-state index >= 15 is 0 Å². The third kappa shape index (κ3) is 3.60. The summed E-state index contributed by atoms with van der Waals surface area (Å²) in [6.45, 7) is 3.18. The Hall–Kier alpha value is -2.74. The van der Waals surface area contributed by atoms with Gasteiger partial charge in [0.25, 0.3) is 0 Å². The maximum Gasteiger partial charge on any atom is 0.0644 e. The van der Waals surface area contributed by atoms with Gasteiger partial charge in [0.1, 0.15) is 0 Å². The number of benzene rings is 3. The van der Waals surface area contributed by atoms with E-state index in [2.05, 4.69) is 66.4 Å². The predicted octanol–water partition coefficient (Wildman–Crippen LogP) is 5.87. The minimum Gasteiger partial charge on any atom is -0.397 e. The molecule has 0 aliphatic heterocycles. The number of anilines is 3. The zero-order chi connectivity index (χ0) is 16.8. The first kappa shape index (κ1) is 16.1. The van der Waals surface area contributed by atoms with Crippen molar-refractivity contribution in [2.45, 2.75) is 19.8 Å². The monoisotopic (exact) mass is 316 g/mol. The van der Waals surface area contributed by atoms with Crippen molar-refractivity contribution in [3.05, 3.63) is 78.9 Å². The fourth-order valence-corrected chi connectivity index (χ4v) is 2.92. The first-order valence-corrected chi connectivity index (χ1v) is 8.57. The molecular weight excluding hydrogens is 292 g/mol. The highest BCUT2D eigenvalue weighted by molar-refractivity contribution is 5.77. The SMILES string of the molecule is CCCCN(c1cccc(-c2ccccc2)c1)c1ccccc1N. The van der Waals surface area contributed by atoms with Gasteiger partial charge in [-0.25, -0.2) is 0 Å². The molecule has 122 valence electrons. The molecule has 3 aromatic carbocycles. The van der Waals surface area contributed by atoms with Crippen LogP contribution in [-0.2, 0) is 0 Å². The average molecular weight is 316 g/mol. The summed E-state index contributed by atoms with van der Waals surface area (Å²) in [7, 11) is 0. The van der Waals surface area contributed by atoms with Crippen molar-refractivity contribution in [1.82, 2.24) is 0 Å². The Labute approximate surface area is 144 Å². The second kappa shape index (κ2) is 7.69. The van der Waals surface area contributed by atoms with E-state index in [1.165, 1.54) is 16.8 Å². The number of para-hydroxylation sites is 2. The maximum absolute atomic E-state index is 6.24. The molecule has 0 amide bonds. The van der Waals surface area contributed by atoms with E-state index in [1.54, 1.807) is 0 Å². The molecule has 0 unspecified atom stereocenters. The van der Waals surface area contributed by atoms with E-state index in [0.717, 1.165) is 30.8 Å². The van der Waals surface area contributed by atoms with Gasteiger partial charge < -0.3 is 10.6 Å². The number of nitrogens with zero attached hydrogens (tertiary/aromatic N) is 1. The largest absolute Gasteiger partial charge is 0.397 e.